The van der Waals surface area contributed by atoms with Crippen LogP contribution in [0.2, 0.25) is 0 Å². The minimum atomic E-state index is 0.520. The standard InChI is InChI=1S/C17H21NO/c1-12(2)13-5-4-6-14(9-13)17-10-16(19-3)8-7-15(17)11-18/h4-10,12H,11,18H2,1-3H3. The second kappa shape index (κ2) is 5.89. The normalized spacial score (nSPS) is 10.8. The predicted octanol–water partition coefficient (Wildman–Crippen LogP) is 3.94. The summed E-state index contributed by atoms with van der Waals surface area (Å²) in [4.78, 5) is 0. The van der Waals surface area contributed by atoms with E-state index in [0.717, 1.165) is 16.9 Å². The average molecular weight is 255 g/mol. The van der Waals surface area contributed by atoms with E-state index in [1.165, 1.54) is 11.1 Å². The fourth-order valence-corrected chi connectivity index (χ4v) is 2.19. The lowest BCUT2D eigenvalue weighted by molar-refractivity contribution is 0.415. The summed E-state index contributed by atoms with van der Waals surface area (Å²) in [5, 5.41) is 0. The zero-order chi connectivity index (χ0) is 13.8. The van der Waals surface area contributed by atoms with Gasteiger partial charge in [0, 0.05) is 6.54 Å². The Morgan fingerprint density at radius 3 is 2.53 bits per heavy atom. The maximum atomic E-state index is 5.84. The first-order valence-electron chi connectivity index (χ1n) is 6.63. The number of rotatable bonds is 4. The summed E-state index contributed by atoms with van der Waals surface area (Å²) in [5.41, 5.74) is 10.7. The molecular weight excluding hydrogens is 234 g/mol. The third kappa shape index (κ3) is 2.96. The fourth-order valence-electron chi connectivity index (χ4n) is 2.19. The summed E-state index contributed by atoms with van der Waals surface area (Å²) in [7, 11) is 1.69. The third-order valence-electron chi connectivity index (χ3n) is 3.40. The lowest BCUT2D eigenvalue weighted by Crippen LogP contribution is -2.00. The number of benzene rings is 2. The van der Waals surface area contributed by atoms with Gasteiger partial charge in [-0.05, 0) is 40.3 Å². The molecule has 2 N–H and O–H groups in total. The molecule has 0 aromatic heterocycles. The van der Waals surface area contributed by atoms with Crippen LogP contribution in [0.4, 0.5) is 0 Å². The first kappa shape index (κ1) is 13.6. The number of hydrogen-bond acceptors (Lipinski definition) is 2. The zero-order valence-corrected chi connectivity index (χ0v) is 11.8. The summed E-state index contributed by atoms with van der Waals surface area (Å²) < 4.78 is 5.31. The highest BCUT2D eigenvalue weighted by Crippen LogP contribution is 2.30. The molecule has 0 saturated heterocycles. The van der Waals surface area contributed by atoms with E-state index in [4.69, 9.17) is 10.5 Å². The van der Waals surface area contributed by atoms with Gasteiger partial charge in [-0.15, -0.1) is 0 Å². The van der Waals surface area contributed by atoms with Gasteiger partial charge in [-0.2, -0.15) is 0 Å². The molecule has 0 aliphatic heterocycles. The van der Waals surface area contributed by atoms with E-state index >= 15 is 0 Å². The summed E-state index contributed by atoms with van der Waals surface area (Å²) in [6.45, 7) is 4.94. The second-order valence-electron chi connectivity index (χ2n) is 5.01. The van der Waals surface area contributed by atoms with Crippen LogP contribution in [0, 0.1) is 0 Å². The van der Waals surface area contributed by atoms with E-state index in [-0.39, 0.29) is 0 Å². The smallest absolute Gasteiger partial charge is 0.119 e. The molecule has 2 aromatic carbocycles. The maximum absolute atomic E-state index is 5.84. The highest BCUT2D eigenvalue weighted by atomic mass is 16.5. The van der Waals surface area contributed by atoms with Crippen molar-refractivity contribution in [3.63, 3.8) is 0 Å². The molecule has 0 radical (unpaired) electrons. The maximum Gasteiger partial charge on any atom is 0.119 e. The largest absolute Gasteiger partial charge is 0.497 e. The van der Waals surface area contributed by atoms with Gasteiger partial charge in [-0.1, -0.05) is 44.2 Å². The molecule has 0 heterocycles. The Labute approximate surface area is 115 Å². The minimum Gasteiger partial charge on any atom is -0.497 e. The molecule has 0 spiro atoms. The Morgan fingerprint density at radius 1 is 1.11 bits per heavy atom. The van der Waals surface area contributed by atoms with Gasteiger partial charge in [0.1, 0.15) is 5.75 Å². The summed E-state index contributed by atoms with van der Waals surface area (Å²) in [6.07, 6.45) is 0. The van der Waals surface area contributed by atoms with Crippen molar-refractivity contribution in [2.45, 2.75) is 26.3 Å². The first-order chi connectivity index (χ1) is 9.15. The molecule has 0 bridgehead atoms. The van der Waals surface area contributed by atoms with Crippen molar-refractivity contribution in [3.05, 3.63) is 53.6 Å². The van der Waals surface area contributed by atoms with Gasteiger partial charge in [0.15, 0.2) is 0 Å². The van der Waals surface area contributed by atoms with Crippen LogP contribution in [-0.4, -0.2) is 7.11 Å². The van der Waals surface area contributed by atoms with Crippen LogP contribution in [0.1, 0.15) is 30.9 Å². The SMILES string of the molecule is COc1ccc(CN)c(-c2cccc(C(C)C)c2)c1. The first-order valence-corrected chi connectivity index (χ1v) is 6.63. The van der Waals surface area contributed by atoms with Crippen LogP contribution >= 0.6 is 0 Å². The third-order valence-corrected chi connectivity index (χ3v) is 3.40. The highest BCUT2D eigenvalue weighted by molar-refractivity contribution is 5.69. The average Bonchev–Trinajstić information content (AvgIpc) is 2.46. The molecule has 100 valence electrons. The van der Waals surface area contributed by atoms with E-state index in [1.54, 1.807) is 7.11 Å². The van der Waals surface area contributed by atoms with E-state index < -0.39 is 0 Å². The molecule has 2 aromatic rings. The molecule has 2 heteroatoms. The quantitative estimate of drug-likeness (QED) is 0.898. The summed E-state index contributed by atoms with van der Waals surface area (Å²) >= 11 is 0. The molecular formula is C17H21NO. The van der Waals surface area contributed by atoms with Gasteiger partial charge in [-0.3, -0.25) is 0 Å². The second-order valence-corrected chi connectivity index (χ2v) is 5.01. The Bertz CT molecular complexity index is 561. The molecule has 0 atom stereocenters. The Balaban J connectivity index is 2.53. The van der Waals surface area contributed by atoms with E-state index in [0.29, 0.717) is 12.5 Å². The van der Waals surface area contributed by atoms with Crippen molar-refractivity contribution >= 4 is 0 Å². The van der Waals surface area contributed by atoms with Crippen LogP contribution in [-0.2, 0) is 6.54 Å². The van der Waals surface area contributed by atoms with E-state index in [1.807, 2.05) is 12.1 Å². The van der Waals surface area contributed by atoms with Gasteiger partial charge >= 0.3 is 0 Å². The van der Waals surface area contributed by atoms with Crippen LogP contribution in [0.5, 0.6) is 5.75 Å². The summed E-state index contributed by atoms with van der Waals surface area (Å²) in [6, 6.07) is 14.7. The van der Waals surface area contributed by atoms with Crippen LogP contribution in [0.15, 0.2) is 42.5 Å². The fraction of sp³-hybridized carbons (Fsp3) is 0.294. The molecule has 0 aliphatic carbocycles. The van der Waals surface area contributed by atoms with Gasteiger partial charge in [-0.25, -0.2) is 0 Å². The Hall–Kier alpha value is -1.80. The van der Waals surface area contributed by atoms with Crippen molar-refractivity contribution in [1.29, 1.82) is 0 Å². The number of methoxy groups -OCH3 is 1. The van der Waals surface area contributed by atoms with Gasteiger partial charge < -0.3 is 10.5 Å². The lowest BCUT2D eigenvalue weighted by atomic mass is 9.94. The number of nitrogens with two attached hydrogens (primary N) is 1. The van der Waals surface area contributed by atoms with Crippen LogP contribution in [0.3, 0.4) is 0 Å². The van der Waals surface area contributed by atoms with E-state index in [9.17, 15) is 0 Å². The van der Waals surface area contributed by atoms with Crippen molar-refractivity contribution in [2.24, 2.45) is 5.73 Å². The van der Waals surface area contributed by atoms with Crippen molar-refractivity contribution in [1.82, 2.24) is 0 Å². The van der Waals surface area contributed by atoms with Gasteiger partial charge in [0.25, 0.3) is 0 Å². The van der Waals surface area contributed by atoms with E-state index in [2.05, 4.69) is 44.2 Å². The topological polar surface area (TPSA) is 35.2 Å². The Kier molecular flexibility index (Phi) is 4.23. The molecule has 19 heavy (non-hydrogen) atoms. The number of hydrogen-bond donors (Lipinski definition) is 1. The van der Waals surface area contributed by atoms with Crippen molar-refractivity contribution in [2.75, 3.05) is 7.11 Å². The van der Waals surface area contributed by atoms with Crippen LogP contribution < -0.4 is 10.5 Å². The predicted molar refractivity (Wildman–Crippen MR) is 80.4 cm³/mol. The molecule has 0 unspecified atom stereocenters. The van der Waals surface area contributed by atoms with Crippen molar-refractivity contribution < 1.29 is 4.74 Å². The minimum absolute atomic E-state index is 0.520. The van der Waals surface area contributed by atoms with Gasteiger partial charge in [0.05, 0.1) is 7.11 Å². The molecule has 0 amide bonds. The molecule has 0 fully saturated rings. The monoisotopic (exact) mass is 255 g/mol. The lowest BCUT2D eigenvalue weighted by Gasteiger charge is -2.13. The van der Waals surface area contributed by atoms with Gasteiger partial charge in [0.2, 0.25) is 0 Å². The molecule has 2 nitrogen and oxygen atoms in total. The molecule has 0 saturated carbocycles. The van der Waals surface area contributed by atoms with Crippen LogP contribution in [0.25, 0.3) is 11.1 Å². The molecule has 2 rings (SSSR count). The van der Waals surface area contributed by atoms with Crippen molar-refractivity contribution in [3.8, 4) is 16.9 Å². The Morgan fingerprint density at radius 2 is 1.89 bits per heavy atom. The number of ether oxygens (including phenoxy) is 1. The molecule has 0 aliphatic rings. The summed E-state index contributed by atoms with van der Waals surface area (Å²) in [5.74, 6) is 1.38. The highest BCUT2D eigenvalue weighted by Gasteiger charge is 2.08. The zero-order valence-electron chi connectivity index (χ0n) is 11.8.